The van der Waals surface area contributed by atoms with Gasteiger partial charge in [0, 0.05) is 19.6 Å². The molecule has 2 unspecified atom stereocenters. The Morgan fingerprint density at radius 3 is 2.57 bits per heavy atom. The summed E-state index contributed by atoms with van der Waals surface area (Å²) in [5.74, 6) is -1.57. The molecule has 5 nitrogen and oxygen atoms in total. The van der Waals surface area contributed by atoms with Crippen LogP contribution in [0.3, 0.4) is 0 Å². The van der Waals surface area contributed by atoms with Gasteiger partial charge in [-0.25, -0.2) is 4.79 Å². The molecule has 1 saturated heterocycles. The zero-order chi connectivity index (χ0) is 16.9. The number of alkyl halides is 3. The van der Waals surface area contributed by atoms with Crippen LogP contribution in [0.2, 0.25) is 0 Å². The minimum absolute atomic E-state index is 0.0210. The summed E-state index contributed by atoms with van der Waals surface area (Å²) >= 11 is 0. The van der Waals surface area contributed by atoms with Gasteiger partial charge < -0.3 is 14.3 Å². The fourth-order valence-corrected chi connectivity index (χ4v) is 2.30. The molecule has 0 amide bonds. The van der Waals surface area contributed by atoms with Gasteiger partial charge in [0.05, 0.1) is 6.54 Å². The lowest BCUT2D eigenvalue weighted by atomic mass is 10.1. The molecule has 0 saturated carbocycles. The van der Waals surface area contributed by atoms with Crippen LogP contribution in [-0.4, -0.2) is 49.1 Å². The van der Waals surface area contributed by atoms with Gasteiger partial charge in [0.15, 0.2) is 0 Å². The number of carbonyl (C=O) groups is 1. The Balaban J connectivity index is 1.96. The molecule has 1 fully saturated rings. The summed E-state index contributed by atoms with van der Waals surface area (Å²) < 4.78 is 48.1. The molecule has 0 aromatic heterocycles. The standard InChI is InChI=1S/C15H18F3NO4/c1-2-21-13-10-19(23-14(20)15(16,17)18)9-8-12(13)22-11-6-4-3-5-7-11/h3-7,12-13H,2,8-10H2,1H3. The molecule has 128 valence electrons. The molecule has 0 spiro atoms. The van der Waals surface area contributed by atoms with Crippen LogP contribution < -0.4 is 4.74 Å². The maximum atomic E-state index is 12.3. The van der Waals surface area contributed by atoms with Crippen LogP contribution in [0, 0.1) is 0 Å². The molecule has 8 heteroatoms. The van der Waals surface area contributed by atoms with Crippen LogP contribution in [-0.2, 0) is 14.4 Å². The summed E-state index contributed by atoms with van der Waals surface area (Å²) in [6, 6.07) is 9.08. The zero-order valence-corrected chi connectivity index (χ0v) is 12.6. The van der Waals surface area contributed by atoms with E-state index in [1.54, 1.807) is 19.1 Å². The van der Waals surface area contributed by atoms with Gasteiger partial charge in [0.2, 0.25) is 0 Å². The van der Waals surface area contributed by atoms with Gasteiger partial charge in [-0.2, -0.15) is 13.2 Å². The molecule has 1 aliphatic rings. The van der Waals surface area contributed by atoms with E-state index in [1.807, 2.05) is 18.2 Å². The number of ether oxygens (including phenoxy) is 2. The molecule has 0 radical (unpaired) electrons. The number of nitrogens with zero attached hydrogens (tertiary/aromatic N) is 1. The Labute approximate surface area is 131 Å². The van der Waals surface area contributed by atoms with Crippen LogP contribution in [0.25, 0.3) is 0 Å². The highest BCUT2D eigenvalue weighted by Gasteiger charge is 2.44. The zero-order valence-electron chi connectivity index (χ0n) is 12.6. The minimum atomic E-state index is -5.02. The number of halogens is 3. The van der Waals surface area contributed by atoms with Gasteiger partial charge in [0.25, 0.3) is 0 Å². The van der Waals surface area contributed by atoms with E-state index in [9.17, 15) is 18.0 Å². The maximum absolute atomic E-state index is 12.3. The second-order valence-corrected chi connectivity index (χ2v) is 5.02. The van der Waals surface area contributed by atoms with Crippen molar-refractivity contribution in [3.63, 3.8) is 0 Å². The third-order valence-corrected chi connectivity index (χ3v) is 3.32. The third kappa shape index (κ3) is 5.11. The fraction of sp³-hybridized carbons (Fsp3) is 0.533. The van der Waals surface area contributed by atoms with E-state index in [-0.39, 0.29) is 19.2 Å². The van der Waals surface area contributed by atoms with E-state index >= 15 is 0 Å². The first-order valence-electron chi connectivity index (χ1n) is 7.27. The first-order valence-corrected chi connectivity index (χ1v) is 7.27. The number of carbonyl (C=O) groups excluding carboxylic acids is 1. The molecular formula is C15H18F3NO4. The predicted octanol–water partition coefficient (Wildman–Crippen LogP) is 2.57. The molecule has 0 bridgehead atoms. The SMILES string of the molecule is CCOC1CN(OC(=O)C(F)(F)F)CCC1Oc1ccccc1. The minimum Gasteiger partial charge on any atom is -0.488 e. The van der Waals surface area contributed by atoms with Crippen LogP contribution in [0.1, 0.15) is 13.3 Å². The van der Waals surface area contributed by atoms with Crippen molar-refractivity contribution in [1.29, 1.82) is 0 Å². The van der Waals surface area contributed by atoms with Gasteiger partial charge in [-0.3, -0.25) is 0 Å². The van der Waals surface area contributed by atoms with E-state index in [0.29, 0.717) is 18.8 Å². The molecule has 0 N–H and O–H groups in total. The van der Waals surface area contributed by atoms with Crippen LogP contribution in [0.5, 0.6) is 5.75 Å². The van der Waals surface area contributed by atoms with Crippen molar-refractivity contribution in [2.45, 2.75) is 31.7 Å². The van der Waals surface area contributed by atoms with Gasteiger partial charge in [-0.15, -0.1) is 5.06 Å². The maximum Gasteiger partial charge on any atom is 0.492 e. The van der Waals surface area contributed by atoms with Crippen molar-refractivity contribution in [3.05, 3.63) is 30.3 Å². The van der Waals surface area contributed by atoms with Crippen molar-refractivity contribution in [2.24, 2.45) is 0 Å². The number of piperidine rings is 1. The van der Waals surface area contributed by atoms with E-state index < -0.39 is 18.2 Å². The van der Waals surface area contributed by atoms with Crippen molar-refractivity contribution in [3.8, 4) is 5.75 Å². The summed E-state index contributed by atoms with van der Waals surface area (Å²) in [5, 5.41) is 0.973. The van der Waals surface area contributed by atoms with E-state index in [1.165, 1.54) is 0 Å². The second-order valence-electron chi connectivity index (χ2n) is 5.02. The van der Waals surface area contributed by atoms with E-state index in [0.717, 1.165) is 5.06 Å². The molecular weight excluding hydrogens is 315 g/mol. The largest absolute Gasteiger partial charge is 0.492 e. The number of rotatable bonds is 5. The monoisotopic (exact) mass is 333 g/mol. The molecule has 23 heavy (non-hydrogen) atoms. The average molecular weight is 333 g/mol. The second kappa shape index (κ2) is 7.65. The number of hydrogen-bond acceptors (Lipinski definition) is 5. The topological polar surface area (TPSA) is 48.0 Å². The van der Waals surface area contributed by atoms with Crippen LogP contribution in [0.4, 0.5) is 13.2 Å². The first kappa shape index (κ1) is 17.6. The highest BCUT2D eigenvalue weighted by atomic mass is 19.4. The molecule has 0 aliphatic carbocycles. The summed E-state index contributed by atoms with van der Waals surface area (Å²) in [7, 11) is 0. The van der Waals surface area contributed by atoms with Gasteiger partial charge >= 0.3 is 12.1 Å². The Kier molecular flexibility index (Phi) is 5.84. The average Bonchev–Trinajstić information content (AvgIpc) is 2.50. The van der Waals surface area contributed by atoms with Gasteiger partial charge in [0.1, 0.15) is 18.0 Å². The molecule has 2 atom stereocenters. The predicted molar refractivity (Wildman–Crippen MR) is 74.6 cm³/mol. The fourth-order valence-electron chi connectivity index (χ4n) is 2.30. The van der Waals surface area contributed by atoms with E-state index in [4.69, 9.17) is 9.47 Å². The summed E-state index contributed by atoms with van der Waals surface area (Å²) in [5.41, 5.74) is 0. The Bertz CT molecular complexity index is 509. The third-order valence-electron chi connectivity index (χ3n) is 3.32. The summed E-state index contributed by atoms with van der Waals surface area (Å²) in [6.45, 7) is 2.32. The summed E-state index contributed by atoms with van der Waals surface area (Å²) in [4.78, 5) is 15.3. The highest BCUT2D eigenvalue weighted by molar-refractivity contribution is 5.75. The van der Waals surface area contributed by atoms with Crippen LogP contribution >= 0.6 is 0 Å². The molecule has 1 aromatic rings. The smallest absolute Gasteiger partial charge is 0.488 e. The summed E-state index contributed by atoms with van der Waals surface area (Å²) in [6.07, 6.45) is -5.45. The lowest BCUT2D eigenvalue weighted by molar-refractivity contribution is -0.251. The van der Waals surface area contributed by atoms with Crippen molar-refractivity contribution >= 4 is 5.97 Å². The van der Waals surface area contributed by atoms with Crippen molar-refractivity contribution in [1.82, 2.24) is 5.06 Å². The number of para-hydroxylation sites is 1. The number of hydroxylamine groups is 2. The van der Waals surface area contributed by atoms with Crippen molar-refractivity contribution < 1.29 is 32.3 Å². The number of hydrogen-bond donors (Lipinski definition) is 0. The van der Waals surface area contributed by atoms with E-state index in [2.05, 4.69) is 4.84 Å². The van der Waals surface area contributed by atoms with Crippen LogP contribution in [0.15, 0.2) is 30.3 Å². The Morgan fingerprint density at radius 1 is 1.26 bits per heavy atom. The lowest BCUT2D eigenvalue weighted by Gasteiger charge is -2.36. The van der Waals surface area contributed by atoms with Gasteiger partial charge in [-0.05, 0) is 19.1 Å². The lowest BCUT2D eigenvalue weighted by Crippen LogP contribution is -2.51. The van der Waals surface area contributed by atoms with Gasteiger partial charge in [-0.1, -0.05) is 18.2 Å². The molecule has 2 rings (SSSR count). The van der Waals surface area contributed by atoms with Crippen molar-refractivity contribution in [2.75, 3.05) is 19.7 Å². The first-order chi connectivity index (χ1) is 10.9. The molecule has 1 aliphatic heterocycles. The Hall–Kier alpha value is -1.80. The molecule has 1 aromatic carbocycles. The normalized spacial score (nSPS) is 22.6. The molecule has 1 heterocycles. The quantitative estimate of drug-likeness (QED) is 0.829. The highest BCUT2D eigenvalue weighted by Crippen LogP contribution is 2.23. The number of benzene rings is 1. The Morgan fingerprint density at radius 2 is 1.96 bits per heavy atom.